The van der Waals surface area contributed by atoms with Gasteiger partial charge in [-0.1, -0.05) is 12.8 Å². The standard InChI is InChI=1S/C22H43N5O5/c1-25(2)14-17-30-15-7-16-31-21(28)23-8-5-3-4-6-9-24-22(29)32-19-20-18-26-10-12-27(20)13-11-26/h20H,3-19H2,1-2H3,(H,23,28)(H,24,29). The molecule has 10 heteroatoms. The molecule has 0 radical (unpaired) electrons. The van der Waals surface area contributed by atoms with E-state index in [4.69, 9.17) is 14.2 Å². The molecule has 3 saturated heterocycles. The van der Waals surface area contributed by atoms with Gasteiger partial charge in [-0.2, -0.15) is 0 Å². The van der Waals surface area contributed by atoms with E-state index in [1.807, 2.05) is 14.1 Å². The molecule has 2 amide bonds. The molecule has 10 nitrogen and oxygen atoms in total. The minimum Gasteiger partial charge on any atom is -0.449 e. The van der Waals surface area contributed by atoms with Gasteiger partial charge in [0, 0.05) is 65.4 Å². The Morgan fingerprint density at radius 3 is 2.09 bits per heavy atom. The Bertz CT molecular complexity index is 529. The molecule has 2 N–H and O–H groups in total. The third kappa shape index (κ3) is 11.8. The number of fused-ring (bicyclic) bond motifs is 3. The summed E-state index contributed by atoms with van der Waals surface area (Å²) in [6, 6.07) is 0.337. The zero-order chi connectivity index (χ0) is 23.0. The van der Waals surface area contributed by atoms with Gasteiger partial charge in [0.15, 0.2) is 0 Å². The summed E-state index contributed by atoms with van der Waals surface area (Å²) < 4.78 is 15.9. The molecule has 32 heavy (non-hydrogen) atoms. The highest BCUT2D eigenvalue weighted by Crippen LogP contribution is 2.15. The van der Waals surface area contributed by atoms with E-state index in [0.717, 1.165) is 65.0 Å². The third-order valence-corrected chi connectivity index (χ3v) is 5.79. The third-order valence-electron chi connectivity index (χ3n) is 5.79. The van der Waals surface area contributed by atoms with E-state index in [2.05, 4.69) is 25.3 Å². The van der Waals surface area contributed by atoms with Crippen molar-refractivity contribution in [2.75, 3.05) is 92.9 Å². The molecule has 3 aliphatic heterocycles. The number of piperazine rings is 3. The van der Waals surface area contributed by atoms with E-state index in [1.54, 1.807) is 0 Å². The van der Waals surface area contributed by atoms with Crippen LogP contribution >= 0.6 is 0 Å². The van der Waals surface area contributed by atoms with E-state index in [1.165, 1.54) is 0 Å². The van der Waals surface area contributed by atoms with E-state index in [0.29, 0.717) is 52.0 Å². The van der Waals surface area contributed by atoms with E-state index in [9.17, 15) is 9.59 Å². The fourth-order valence-electron chi connectivity index (χ4n) is 3.82. The summed E-state index contributed by atoms with van der Waals surface area (Å²) in [7, 11) is 4.01. The molecule has 186 valence electrons. The highest BCUT2D eigenvalue weighted by atomic mass is 16.6. The number of rotatable bonds is 16. The topological polar surface area (TPSA) is 95.6 Å². The summed E-state index contributed by atoms with van der Waals surface area (Å²) in [6.45, 7) is 9.64. The minimum atomic E-state index is -0.373. The second kappa shape index (κ2) is 16.1. The van der Waals surface area contributed by atoms with Crippen LogP contribution in [0.4, 0.5) is 9.59 Å². The number of ether oxygens (including phenoxy) is 3. The number of likely N-dealkylation sites (N-methyl/N-ethyl adjacent to an activating group) is 1. The Morgan fingerprint density at radius 1 is 0.844 bits per heavy atom. The van der Waals surface area contributed by atoms with Crippen molar-refractivity contribution in [1.82, 2.24) is 25.3 Å². The number of nitrogens with one attached hydrogen (secondary N) is 2. The number of unbranched alkanes of at least 4 members (excludes halogenated alkanes) is 3. The van der Waals surface area contributed by atoms with Gasteiger partial charge in [-0.3, -0.25) is 9.80 Å². The predicted octanol–water partition coefficient (Wildman–Crippen LogP) is 0.967. The van der Waals surface area contributed by atoms with Crippen molar-refractivity contribution >= 4 is 12.2 Å². The maximum atomic E-state index is 11.9. The second-order valence-corrected chi connectivity index (χ2v) is 8.76. The van der Waals surface area contributed by atoms with Crippen LogP contribution in [0.1, 0.15) is 32.1 Å². The molecule has 3 rings (SSSR count). The van der Waals surface area contributed by atoms with Crippen molar-refractivity contribution in [3.63, 3.8) is 0 Å². The van der Waals surface area contributed by atoms with Gasteiger partial charge in [0.25, 0.3) is 0 Å². The summed E-state index contributed by atoms with van der Waals surface area (Å²) in [4.78, 5) is 30.4. The van der Waals surface area contributed by atoms with Crippen molar-refractivity contribution in [2.24, 2.45) is 0 Å². The first-order valence-electron chi connectivity index (χ1n) is 12.0. The van der Waals surface area contributed by atoms with Gasteiger partial charge in [0.05, 0.1) is 19.3 Å². The number of nitrogens with zero attached hydrogens (tertiary/aromatic N) is 3. The summed E-state index contributed by atoms with van der Waals surface area (Å²) in [6.07, 6.45) is 3.78. The van der Waals surface area contributed by atoms with Crippen LogP contribution in [0, 0.1) is 0 Å². The van der Waals surface area contributed by atoms with Gasteiger partial charge in [-0.15, -0.1) is 0 Å². The molecular formula is C22H43N5O5. The largest absolute Gasteiger partial charge is 0.449 e. The monoisotopic (exact) mass is 457 g/mol. The normalized spacial score (nSPS) is 22.0. The molecule has 0 aromatic heterocycles. The molecule has 0 aliphatic carbocycles. The molecular weight excluding hydrogens is 414 g/mol. The first-order chi connectivity index (χ1) is 15.5. The van der Waals surface area contributed by atoms with Crippen LogP contribution in [0.15, 0.2) is 0 Å². The molecule has 3 heterocycles. The molecule has 1 unspecified atom stereocenters. The van der Waals surface area contributed by atoms with E-state index >= 15 is 0 Å². The quantitative estimate of drug-likeness (QED) is 0.331. The smallest absolute Gasteiger partial charge is 0.407 e. The molecule has 3 aliphatic rings. The Balaban J connectivity index is 1.31. The first kappa shape index (κ1) is 26.6. The van der Waals surface area contributed by atoms with Crippen molar-refractivity contribution in [1.29, 1.82) is 0 Å². The molecule has 0 aromatic rings. The van der Waals surface area contributed by atoms with Crippen LogP contribution in [0.5, 0.6) is 0 Å². The van der Waals surface area contributed by atoms with Crippen LogP contribution in [0.3, 0.4) is 0 Å². The number of hydrogen-bond acceptors (Lipinski definition) is 8. The maximum absolute atomic E-state index is 11.9. The zero-order valence-corrected chi connectivity index (χ0v) is 20.0. The van der Waals surface area contributed by atoms with Crippen molar-refractivity contribution in [3.8, 4) is 0 Å². The highest BCUT2D eigenvalue weighted by Gasteiger charge is 2.32. The fourth-order valence-corrected chi connectivity index (χ4v) is 3.82. The van der Waals surface area contributed by atoms with Gasteiger partial charge in [0.2, 0.25) is 0 Å². The van der Waals surface area contributed by atoms with Crippen LogP contribution in [0.2, 0.25) is 0 Å². The van der Waals surface area contributed by atoms with Crippen molar-refractivity contribution < 1.29 is 23.8 Å². The lowest BCUT2D eigenvalue weighted by Crippen LogP contribution is -2.62. The van der Waals surface area contributed by atoms with Crippen molar-refractivity contribution in [3.05, 3.63) is 0 Å². The number of carbonyl (C=O) groups excluding carboxylic acids is 2. The van der Waals surface area contributed by atoms with Gasteiger partial charge in [-0.25, -0.2) is 9.59 Å². The average molecular weight is 458 g/mol. The number of carbonyl (C=O) groups is 2. The molecule has 0 spiro atoms. The van der Waals surface area contributed by atoms with E-state index < -0.39 is 0 Å². The Kier molecular flexibility index (Phi) is 13.4. The minimum absolute atomic E-state index is 0.324. The summed E-state index contributed by atoms with van der Waals surface area (Å²) >= 11 is 0. The van der Waals surface area contributed by atoms with E-state index in [-0.39, 0.29) is 12.2 Å². The zero-order valence-electron chi connectivity index (χ0n) is 20.0. The summed E-state index contributed by atoms with van der Waals surface area (Å²) in [5, 5.41) is 5.59. The lowest BCUT2D eigenvalue weighted by Gasteiger charge is -2.47. The molecule has 1 atom stereocenters. The molecule has 0 saturated carbocycles. The average Bonchev–Trinajstić information content (AvgIpc) is 2.79. The summed E-state index contributed by atoms with van der Waals surface area (Å²) in [5.74, 6) is 0. The van der Waals surface area contributed by atoms with Gasteiger partial charge >= 0.3 is 12.2 Å². The maximum Gasteiger partial charge on any atom is 0.407 e. The van der Waals surface area contributed by atoms with Gasteiger partial charge in [-0.05, 0) is 26.9 Å². The summed E-state index contributed by atoms with van der Waals surface area (Å²) in [5.41, 5.74) is 0. The van der Waals surface area contributed by atoms with Crippen LogP contribution in [0.25, 0.3) is 0 Å². The van der Waals surface area contributed by atoms with Gasteiger partial charge < -0.3 is 29.7 Å². The lowest BCUT2D eigenvalue weighted by molar-refractivity contribution is -0.0146. The molecule has 3 fully saturated rings. The second-order valence-electron chi connectivity index (χ2n) is 8.76. The Hall–Kier alpha value is -1.62. The van der Waals surface area contributed by atoms with Crippen molar-refractivity contribution in [2.45, 2.75) is 38.1 Å². The Labute approximate surface area is 192 Å². The molecule has 0 aromatic carbocycles. The fraction of sp³-hybridized carbons (Fsp3) is 0.909. The number of hydrogen-bond donors (Lipinski definition) is 2. The SMILES string of the molecule is CN(C)CCOCCCOC(=O)NCCCCCCNC(=O)OCC1CN2CCN1CC2. The van der Waals surface area contributed by atoms with Gasteiger partial charge in [0.1, 0.15) is 6.61 Å². The number of alkyl carbamates (subject to hydrolysis) is 2. The van der Waals surface area contributed by atoms with Crippen LogP contribution < -0.4 is 10.6 Å². The van der Waals surface area contributed by atoms with Crippen LogP contribution in [-0.4, -0.2) is 126 Å². The highest BCUT2D eigenvalue weighted by molar-refractivity contribution is 5.67. The molecule has 2 bridgehead atoms. The van der Waals surface area contributed by atoms with Crippen LogP contribution in [-0.2, 0) is 14.2 Å². The number of amides is 2. The predicted molar refractivity (Wildman–Crippen MR) is 123 cm³/mol. The Morgan fingerprint density at radius 2 is 1.50 bits per heavy atom. The first-order valence-corrected chi connectivity index (χ1v) is 12.0. The lowest BCUT2D eigenvalue weighted by atomic mass is 10.1.